The number of rotatable bonds is 3. The van der Waals surface area contributed by atoms with Crippen molar-refractivity contribution in [2.45, 2.75) is 23.9 Å². The van der Waals surface area contributed by atoms with Gasteiger partial charge in [-0.3, -0.25) is 0 Å². The number of benzene rings is 1. The van der Waals surface area contributed by atoms with Crippen LogP contribution in [0, 0.1) is 0 Å². The molecule has 0 fully saturated rings. The molecule has 28 heavy (non-hydrogen) atoms. The van der Waals surface area contributed by atoms with Crippen molar-refractivity contribution in [3.63, 3.8) is 0 Å². The molecular formula is C15H5Br2ClF9N. The van der Waals surface area contributed by atoms with Crippen LogP contribution in [-0.4, -0.2) is 23.3 Å². The molecule has 13 heteroatoms. The van der Waals surface area contributed by atoms with Crippen molar-refractivity contribution in [1.29, 1.82) is 0 Å². The molecule has 0 aliphatic heterocycles. The van der Waals surface area contributed by atoms with E-state index < -0.39 is 35.1 Å². The molecule has 1 heterocycles. The standard InChI is InChI=1S/C15H5Br2ClF9N/c16-7-3-8(11(9(17)4-7)6-1-2-10(18)28-5-6)12(19,14(22,23)24)13(20,21)15(25,26)27/h1-5H. The summed E-state index contributed by atoms with van der Waals surface area (Å²) in [5, 5.41) is -0.138. The Morgan fingerprint density at radius 3 is 1.82 bits per heavy atom. The maximum atomic E-state index is 15.0. The van der Waals surface area contributed by atoms with Crippen molar-refractivity contribution in [1.82, 2.24) is 4.98 Å². The molecule has 1 nitrogen and oxygen atoms in total. The number of halogens is 12. The summed E-state index contributed by atoms with van der Waals surface area (Å²) in [6.45, 7) is 0. The second-order valence-electron chi connectivity index (χ2n) is 5.41. The van der Waals surface area contributed by atoms with Crippen LogP contribution < -0.4 is 0 Å². The molecule has 1 atom stereocenters. The number of pyridine rings is 1. The van der Waals surface area contributed by atoms with E-state index in [9.17, 15) is 35.1 Å². The molecule has 0 amide bonds. The predicted octanol–water partition coefficient (Wildman–Crippen LogP) is 7.85. The van der Waals surface area contributed by atoms with E-state index in [1.165, 1.54) is 0 Å². The van der Waals surface area contributed by atoms with E-state index in [2.05, 4.69) is 36.8 Å². The van der Waals surface area contributed by atoms with Gasteiger partial charge in [-0.1, -0.05) is 43.5 Å². The van der Waals surface area contributed by atoms with Crippen LogP contribution in [0.4, 0.5) is 39.5 Å². The van der Waals surface area contributed by atoms with Crippen molar-refractivity contribution in [3.8, 4) is 11.1 Å². The van der Waals surface area contributed by atoms with Crippen LogP contribution in [-0.2, 0) is 5.67 Å². The lowest BCUT2D eigenvalue weighted by atomic mass is 9.83. The van der Waals surface area contributed by atoms with Crippen molar-refractivity contribution in [2.24, 2.45) is 0 Å². The first-order valence-electron chi connectivity index (χ1n) is 6.85. The highest BCUT2D eigenvalue weighted by molar-refractivity contribution is 9.11. The van der Waals surface area contributed by atoms with Crippen LogP contribution in [0.5, 0.6) is 0 Å². The molecular weight excluding hydrogens is 560 g/mol. The Bertz CT molecular complexity index is 881. The van der Waals surface area contributed by atoms with Crippen LogP contribution in [0.15, 0.2) is 39.4 Å². The maximum Gasteiger partial charge on any atom is 0.457 e. The van der Waals surface area contributed by atoms with Crippen LogP contribution in [0.3, 0.4) is 0 Å². The third kappa shape index (κ3) is 3.74. The molecule has 0 aliphatic carbocycles. The molecule has 1 aromatic carbocycles. The summed E-state index contributed by atoms with van der Waals surface area (Å²) >= 11 is 11.0. The topological polar surface area (TPSA) is 12.9 Å². The van der Waals surface area contributed by atoms with Crippen molar-refractivity contribution in [2.75, 3.05) is 0 Å². The first-order valence-corrected chi connectivity index (χ1v) is 8.82. The van der Waals surface area contributed by atoms with Gasteiger partial charge < -0.3 is 0 Å². The molecule has 1 aromatic heterocycles. The minimum Gasteiger partial charge on any atom is -0.244 e. The van der Waals surface area contributed by atoms with Gasteiger partial charge in [0.2, 0.25) is 0 Å². The number of nitrogens with zero attached hydrogens (tertiary/aromatic N) is 1. The van der Waals surface area contributed by atoms with E-state index in [0.717, 1.165) is 24.4 Å². The highest BCUT2D eigenvalue weighted by Gasteiger charge is 2.82. The fourth-order valence-corrected chi connectivity index (χ4v) is 3.92. The summed E-state index contributed by atoms with van der Waals surface area (Å²) in [6, 6.07) is 3.30. The normalized spacial score (nSPS) is 15.4. The fraction of sp³-hybridized carbons (Fsp3) is 0.267. The summed E-state index contributed by atoms with van der Waals surface area (Å²) in [5.74, 6) is -6.80. The number of aromatic nitrogens is 1. The molecule has 154 valence electrons. The summed E-state index contributed by atoms with van der Waals surface area (Å²) in [7, 11) is 0. The second kappa shape index (κ2) is 7.35. The molecule has 2 rings (SSSR count). The third-order valence-electron chi connectivity index (χ3n) is 3.62. The molecule has 0 spiro atoms. The van der Waals surface area contributed by atoms with Crippen LogP contribution >= 0.6 is 43.5 Å². The van der Waals surface area contributed by atoms with Gasteiger partial charge in [-0.2, -0.15) is 35.1 Å². The van der Waals surface area contributed by atoms with E-state index in [1.54, 1.807) is 0 Å². The highest BCUT2D eigenvalue weighted by atomic mass is 79.9. The van der Waals surface area contributed by atoms with Gasteiger partial charge in [0.15, 0.2) is 0 Å². The SMILES string of the molecule is FC(F)(F)C(F)(F)C(F)(c1cc(Br)cc(Br)c1-c1ccc(Cl)nc1)C(F)(F)F. The highest BCUT2D eigenvalue weighted by Crippen LogP contribution is 2.60. The number of alkyl halides is 9. The lowest BCUT2D eigenvalue weighted by molar-refractivity contribution is -0.389. The van der Waals surface area contributed by atoms with Gasteiger partial charge in [0.05, 0.1) is 0 Å². The molecule has 0 aliphatic rings. The van der Waals surface area contributed by atoms with Gasteiger partial charge in [-0.25, -0.2) is 9.37 Å². The maximum absolute atomic E-state index is 15.0. The van der Waals surface area contributed by atoms with Crippen LogP contribution in [0.1, 0.15) is 5.56 Å². The predicted molar refractivity (Wildman–Crippen MR) is 89.9 cm³/mol. The zero-order valence-corrected chi connectivity index (χ0v) is 16.8. The van der Waals surface area contributed by atoms with E-state index in [1.807, 2.05) is 0 Å². The Labute approximate surface area is 173 Å². The quantitative estimate of drug-likeness (QED) is 0.273. The van der Waals surface area contributed by atoms with Gasteiger partial charge in [0, 0.05) is 31.8 Å². The summed E-state index contributed by atoms with van der Waals surface area (Å²) in [5.41, 5.74) is -9.31. The Balaban J connectivity index is 2.98. The van der Waals surface area contributed by atoms with Gasteiger partial charge in [-0.15, -0.1) is 0 Å². The molecule has 1 unspecified atom stereocenters. The molecule has 0 saturated carbocycles. The average Bonchev–Trinajstić information content (AvgIpc) is 2.52. The zero-order valence-electron chi connectivity index (χ0n) is 12.9. The minimum atomic E-state index is -6.83. The zero-order chi connectivity index (χ0) is 21.7. The van der Waals surface area contributed by atoms with Crippen molar-refractivity contribution >= 4 is 43.5 Å². The summed E-state index contributed by atoms with van der Waals surface area (Å²) in [6.07, 6.45) is -12.6. The monoisotopic (exact) mass is 563 g/mol. The van der Waals surface area contributed by atoms with E-state index in [-0.39, 0.29) is 25.7 Å². The Morgan fingerprint density at radius 2 is 1.39 bits per heavy atom. The van der Waals surface area contributed by atoms with Crippen molar-refractivity contribution in [3.05, 3.63) is 50.1 Å². The minimum absolute atomic E-state index is 0.138. The Kier molecular flexibility index (Phi) is 6.11. The third-order valence-corrected chi connectivity index (χ3v) is 4.93. The number of hydrogen-bond donors (Lipinski definition) is 0. The molecule has 0 N–H and O–H groups in total. The molecule has 0 radical (unpaired) electrons. The van der Waals surface area contributed by atoms with E-state index in [4.69, 9.17) is 11.6 Å². The summed E-state index contributed by atoms with van der Waals surface area (Å²) in [4.78, 5) is 3.53. The van der Waals surface area contributed by atoms with Gasteiger partial charge in [-0.05, 0) is 24.3 Å². The Morgan fingerprint density at radius 1 is 0.821 bits per heavy atom. The number of hydrogen-bond acceptors (Lipinski definition) is 1. The van der Waals surface area contributed by atoms with Gasteiger partial charge >= 0.3 is 23.9 Å². The molecule has 0 bridgehead atoms. The van der Waals surface area contributed by atoms with E-state index in [0.29, 0.717) is 0 Å². The van der Waals surface area contributed by atoms with Crippen LogP contribution in [0.25, 0.3) is 11.1 Å². The summed E-state index contributed by atoms with van der Waals surface area (Å²) < 4.78 is 121. The average molecular weight is 565 g/mol. The van der Waals surface area contributed by atoms with Gasteiger partial charge in [0.25, 0.3) is 0 Å². The fourth-order valence-electron chi connectivity index (χ4n) is 2.36. The van der Waals surface area contributed by atoms with Crippen molar-refractivity contribution < 1.29 is 39.5 Å². The van der Waals surface area contributed by atoms with E-state index >= 15 is 4.39 Å². The second-order valence-corrected chi connectivity index (χ2v) is 7.57. The lowest BCUT2D eigenvalue weighted by Gasteiger charge is -2.37. The van der Waals surface area contributed by atoms with Gasteiger partial charge in [0.1, 0.15) is 5.15 Å². The molecule has 0 saturated heterocycles. The first-order chi connectivity index (χ1) is 12.5. The first kappa shape index (κ1) is 23.3. The Hall–Kier alpha value is -1.01. The largest absolute Gasteiger partial charge is 0.457 e. The van der Waals surface area contributed by atoms with Crippen LogP contribution in [0.2, 0.25) is 5.15 Å². The lowest BCUT2D eigenvalue weighted by Crippen LogP contribution is -2.60. The smallest absolute Gasteiger partial charge is 0.244 e. The molecule has 2 aromatic rings.